The van der Waals surface area contributed by atoms with Crippen molar-refractivity contribution in [3.8, 4) is 0 Å². The van der Waals surface area contributed by atoms with Crippen molar-refractivity contribution in [3.05, 3.63) is 0 Å². The van der Waals surface area contributed by atoms with Gasteiger partial charge < -0.3 is 10.5 Å². The highest BCUT2D eigenvalue weighted by Crippen LogP contribution is 2.49. The smallest absolute Gasteiger partial charge is 0.0590 e. The molecule has 1 atom stereocenters. The van der Waals surface area contributed by atoms with Gasteiger partial charge in [-0.05, 0) is 32.1 Å². The topological polar surface area (TPSA) is 38.5 Å². The van der Waals surface area contributed by atoms with Gasteiger partial charge in [-0.2, -0.15) is 0 Å². The zero-order valence-electron chi connectivity index (χ0n) is 12.3. The van der Waals surface area contributed by atoms with Gasteiger partial charge in [-0.15, -0.1) is 0 Å². The second-order valence-corrected chi connectivity index (χ2v) is 6.25. The summed E-state index contributed by atoms with van der Waals surface area (Å²) in [5.41, 5.74) is 6.63. The molecular weight excluding hydrogens is 212 g/mol. The van der Waals surface area contributed by atoms with Gasteiger partial charge in [-0.1, -0.05) is 20.3 Å². The van der Waals surface area contributed by atoms with Crippen LogP contribution in [-0.4, -0.2) is 43.3 Å². The van der Waals surface area contributed by atoms with Crippen LogP contribution in [0.3, 0.4) is 0 Å². The van der Waals surface area contributed by atoms with Crippen LogP contribution in [0.15, 0.2) is 0 Å². The molecule has 1 saturated carbocycles. The van der Waals surface area contributed by atoms with Gasteiger partial charge in [0.05, 0.1) is 6.61 Å². The maximum Gasteiger partial charge on any atom is 0.0590 e. The Morgan fingerprint density at radius 3 is 2.29 bits per heavy atom. The normalized spacial score (nSPS) is 28.2. The van der Waals surface area contributed by atoms with Crippen LogP contribution in [0.5, 0.6) is 0 Å². The number of ether oxygens (including phenoxy) is 1. The van der Waals surface area contributed by atoms with Crippen LogP contribution in [0.4, 0.5) is 0 Å². The van der Waals surface area contributed by atoms with Gasteiger partial charge in [0.25, 0.3) is 0 Å². The summed E-state index contributed by atoms with van der Waals surface area (Å²) >= 11 is 0. The summed E-state index contributed by atoms with van der Waals surface area (Å²) in [5, 5.41) is 0. The molecule has 2 N–H and O–H groups in total. The maximum atomic E-state index is 6.17. The fourth-order valence-corrected chi connectivity index (χ4v) is 3.58. The van der Waals surface area contributed by atoms with Crippen LogP contribution < -0.4 is 5.73 Å². The largest absolute Gasteiger partial charge is 0.383 e. The van der Waals surface area contributed by atoms with Gasteiger partial charge in [0.2, 0.25) is 0 Å². The highest BCUT2D eigenvalue weighted by Gasteiger charge is 2.51. The van der Waals surface area contributed by atoms with Gasteiger partial charge >= 0.3 is 0 Å². The standard InChI is InChI=1S/C14H30N2O/c1-12(2)16(9-10-17-5)14(11-15)8-6-7-13(14,3)4/h12H,6-11,15H2,1-5H3. The molecule has 0 aromatic heterocycles. The molecule has 0 spiro atoms. The van der Waals surface area contributed by atoms with E-state index in [2.05, 4.69) is 32.6 Å². The van der Waals surface area contributed by atoms with Gasteiger partial charge in [-0.25, -0.2) is 0 Å². The first-order chi connectivity index (χ1) is 7.91. The van der Waals surface area contributed by atoms with Crippen molar-refractivity contribution in [1.29, 1.82) is 0 Å². The van der Waals surface area contributed by atoms with Crippen LogP contribution in [-0.2, 0) is 4.74 Å². The number of nitrogens with zero attached hydrogens (tertiary/aromatic N) is 1. The number of hydrogen-bond donors (Lipinski definition) is 1. The third kappa shape index (κ3) is 2.67. The Hall–Kier alpha value is -0.120. The number of hydrogen-bond acceptors (Lipinski definition) is 3. The van der Waals surface area contributed by atoms with Crippen molar-refractivity contribution < 1.29 is 4.74 Å². The fraction of sp³-hybridized carbons (Fsp3) is 1.00. The number of rotatable bonds is 6. The van der Waals surface area contributed by atoms with Gasteiger partial charge in [-0.3, -0.25) is 4.90 Å². The summed E-state index contributed by atoms with van der Waals surface area (Å²) in [6, 6.07) is 0.520. The van der Waals surface area contributed by atoms with Crippen molar-refractivity contribution in [2.75, 3.05) is 26.8 Å². The molecule has 0 aromatic carbocycles. The summed E-state index contributed by atoms with van der Waals surface area (Å²) in [7, 11) is 1.77. The molecule has 17 heavy (non-hydrogen) atoms. The van der Waals surface area contributed by atoms with Gasteiger partial charge in [0.1, 0.15) is 0 Å². The van der Waals surface area contributed by atoms with Crippen LogP contribution in [0.1, 0.15) is 47.0 Å². The van der Waals surface area contributed by atoms with E-state index in [4.69, 9.17) is 10.5 Å². The molecule has 1 unspecified atom stereocenters. The molecule has 0 heterocycles. The molecule has 0 aliphatic heterocycles. The number of methoxy groups -OCH3 is 1. The molecule has 3 heteroatoms. The Morgan fingerprint density at radius 1 is 1.29 bits per heavy atom. The lowest BCUT2D eigenvalue weighted by Gasteiger charge is -2.51. The van der Waals surface area contributed by atoms with Crippen molar-refractivity contribution in [1.82, 2.24) is 4.90 Å². The predicted molar refractivity (Wildman–Crippen MR) is 73.1 cm³/mol. The minimum absolute atomic E-state index is 0.152. The lowest BCUT2D eigenvalue weighted by molar-refractivity contribution is -0.0236. The third-order valence-electron chi connectivity index (χ3n) is 4.70. The molecule has 1 rings (SSSR count). The molecule has 1 aliphatic rings. The molecule has 1 fully saturated rings. The van der Waals surface area contributed by atoms with Crippen LogP contribution in [0.25, 0.3) is 0 Å². The van der Waals surface area contributed by atoms with Crippen molar-refractivity contribution in [2.24, 2.45) is 11.1 Å². The molecule has 102 valence electrons. The SMILES string of the molecule is COCCN(C(C)C)C1(CN)CCCC1(C)C. The van der Waals surface area contributed by atoms with Gasteiger partial charge in [0, 0.05) is 31.8 Å². The van der Waals surface area contributed by atoms with E-state index in [0.29, 0.717) is 11.5 Å². The summed E-state index contributed by atoms with van der Waals surface area (Å²) in [6.07, 6.45) is 3.79. The van der Waals surface area contributed by atoms with E-state index in [-0.39, 0.29) is 5.54 Å². The molecule has 0 saturated heterocycles. The zero-order chi connectivity index (χ0) is 13.1. The van der Waals surface area contributed by atoms with E-state index in [1.54, 1.807) is 7.11 Å². The van der Waals surface area contributed by atoms with E-state index in [0.717, 1.165) is 19.7 Å². The minimum Gasteiger partial charge on any atom is -0.383 e. The second kappa shape index (κ2) is 5.68. The van der Waals surface area contributed by atoms with E-state index < -0.39 is 0 Å². The maximum absolute atomic E-state index is 6.17. The zero-order valence-corrected chi connectivity index (χ0v) is 12.3. The van der Waals surface area contributed by atoms with Crippen molar-refractivity contribution in [2.45, 2.75) is 58.5 Å². The molecule has 0 bridgehead atoms. The molecule has 1 aliphatic carbocycles. The van der Waals surface area contributed by atoms with Crippen molar-refractivity contribution in [3.63, 3.8) is 0 Å². The van der Waals surface area contributed by atoms with Crippen LogP contribution in [0.2, 0.25) is 0 Å². The Kier molecular flexibility index (Phi) is 4.99. The molecular formula is C14H30N2O. The quantitative estimate of drug-likeness (QED) is 0.776. The van der Waals surface area contributed by atoms with Crippen molar-refractivity contribution >= 4 is 0 Å². The van der Waals surface area contributed by atoms with Gasteiger partial charge in [0.15, 0.2) is 0 Å². The number of nitrogens with two attached hydrogens (primary N) is 1. The Bertz CT molecular complexity index is 240. The Morgan fingerprint density at radius 2 is 1.94 bits per heavy atom. The first-order valence-electron chi connectivity index (χ1n) is 6.87. The fourth-order valence-electron chi connectivity index (χ4n) is 3.58. The Labute approximate surface area is 107 Å². The monoisotopic (exact) mass is 242 g/mol. The van der Waals surface area contributed by atoms with E-state index in [1.165, 1.54) is 19.3 Å². The Balaban J connectivity index is 2.95. The highest BCUT2D eigenvalue weighted by atomic mass is 16.5. The molecule has 0 radical (unpaired) electrons. The highest BCUT2D eigenvalue weighted by molar-refractivity contribution is 5.07. The van der Waals surface area contributed by atoms with E-state index in [1.807, 2.05) is 0 Å². The molecule has 0 amide bonds. The summed E-state index contributed by atoms with van der Waals surface area (Å²) in [5.74, 6) is 0. The van der Waals surface area contributed by atoms with E-state index in [9.17, 15) is 0 Å². The third-order valence-corrected chi connectivity index (χ3v) is 4.70. The lowest BCUT2D eigenvalue weighted by Crippen LogP contribution is -2.62. The molecule has 3 nitrogen and oxygen atoms in total. The first kappa shape index (κ1) is 14.9. The van der Waals surface area contributed by atoms with E-state index >= 15 is 0 Å². The average Bonchev–Trinajstić information content (AvgIpc) is 2.55. The minimum atomic E-state index is 0.152. The summed E-state index contributed by atoms with van der Waals surface area (Å²) in [6.45, 7) is 11.8. The summed E-state index contributed by atoms with van der Waals surface area (Å²) < 4.78 is 5.26. The summed E-state index contributed by atoms with van der Waals surface area (Å²) in [4.78, 5) is 2.57. The first-order valence-corrected chi connectivity index (χ1v) is 6.87. The molecule has 0 aromatic rings. The van der Waals surface area contributed by atoms with Crippen LogP contribution >= 0.6 is 0 Å². The van der Waals surface area contributed by atoms with Crippen LogP contribution in [0, 0.1) is 5.41 Å². The second-order valence-electron chi connectivity index (χ2n) is 6.25. The predicted octanol–water partition coefficient (Wildman–Crippen LogP) is 2.25. The average molecular weight is 242 g/mol. The lowest BCUT2D eigenvalue weighted by atomic mass is 9.73.